The van der Waals surface area contributed by atoms with Gasteiger partial charge >= 0.3 is 5.97 Å². The second kappa shape index (κ2) is 81.5. The first-order valence-corrected chi connectivity index (χ1v) is 42.2. The molecule has 0 fully saturated rings. The molecule has 0 radical (unpaired) electrons. The van der Waals surface area contributed by atoms with Crippen molar-refractivity contribution in [2.45, 2.75) is 488 Å². The van der Waals surface area contributed by atoms with E-state index in [0.717, 1.165) is 51.4 Å². The van der Waals surface area contributed by atoms with Gasteiger partial charge in [0.2, 0.25) is 5.91 Å². The molecule has 0 aliphatic heterocycles. The number of aliphatic hydroxyl groups is 2. The van der Waals surface area contributed by atoms with Gasteiger partial charge < -0.3 is 20.3 Å². The van der Waals surface area contributed by atoms with E-state index < -0.39 is 12.1 Å². The van der Waals surface area contributed by atoms with Crippen LogP contribution >= 0.6 is 0 Å². The molecule has 0 saturated carbocycles. The normalized spacial score (nSPS) is 12.6. The first kappa shape index (κ1) is 90.1. The third kappa shape index (κ3) is 77.1. The van der Waals surface area contributed by atoms with Gasteiger partial charge in [-0.15, -0.1) is 0 Å². The van der Waals surface area contributed by atoms with Gasteiger partial charge in [-0.05, 0) is 83.5 Å². The van der Waals surface area contributed by atoms with Crippen molar-refractivity contribution < 1.29 is 24.5 Å². The van der Waals surface area contributed by atoms with Crippen LogP contribution in [0.4, 0.5) is 0 Å². The summed E-state index contributed by atoms with van der Waals surface area (Å²) in [6.07, 6.45) is 107. The van der Waals surface area contributed by atoms with E-state index >= 15 is 0 Å². The van der Waals surface area contributed by atoms with Crippen molar-refractivity contribution in [1.82, 2.24) is 5.32 Å². The number of unbranched alkanes of at least 4 members (excludes halogenated alkanes) is 63. The smallest absolute Gasteiger partial charge is 0.305 e. The zero-order chi connectivity index (χ0) is 66.3. The molecule has 0 aromatic heterocycles. The Labute approximate surface area is 576 Å². The molecule has 0 bridgehead atoms. The Bertz CT molecular complexity index is 1490. The van der Waals surface area contributed by atoms with Crippen molar-refractivity contribution in [2.24, 2.45) is 0 Å². The molecule has 0 spiro atoms. The molecular formula is C86H165NO5. The van der Waals surface area contributed by atoms with Gasteiger partial charge in [0.1, 0.15) is 0 Å². The van der Waals surface area contributed by atoms with Crippen molar-refractivity contribution in [1.29, 1.82) is 0 Å². The molecule has 0 saturated heterocycles. The third-order valence-corrected chi connectivity index (χ3v) is 19.9. The second-order valence-corrected chi connectivity index (χ2v) is 29.2. The molecule has 6 heteroatoms. The first-order valence-electron chi connectivity index (χ1n) is 42.2. The maximum Gasteiger partial charge on any atom is 0.305 e. The first-order chi connectivity index (χ1) is 45.5. The summed E-state index contributed by atoms with van der Waals surface area (Å²) in [5, 5.41) is 23.5. The molecule has 0 heterocycles. The van der Waals surface area contributed by atoms with Gasteiger partial charge in [-0.3, -0.25) is 9.59 Å². The molecule has 544 valence electrons. The molecular weight excluding hydrogens is 1130 g/mol. The largest absolute Gasteiger partial charge is 0.466 e. The van der Waals surface area contributed by atoms with E-state index in [1.165, 1.54) is 392 Å². The van der Waals surface area contributed by atoms with E-state index in [1.54, 1.807) is 0 Å². The molecule has 92 heavy (non-hydrogen) atoms. The Morgan fingerprint density at radius 3 is 0.859 bits per heavy atom. The average Bonchev–Trinajstić information content (AvgIpc) is 3.60. The Balaban J connectivity index is 3.35. The minimum absolute atomic E-state index is 0.0159. The number of amides is 1. The number of aliphatic hydroxyl groups excluding tert-OH is 2. The summed E-state index contributed by atoms with van der Waals surface area (Å²) >= 11 is 0. The zero-order valence-corrected chi connectivity index (χ0v) is 62.6. The average molecular weight is 1290 g/mol. The molecule has 3 N–H and O–H groups in total. The van der Waals surface area contributed by atoms with Crippen molar-refractivity contribution in [3.63, 3.8) is 0 Å². The third-order valence-electron chi connectivity index (χ3n) is 19.9. The van der Waals surface area contributed by atoms with Crippen LogP contribution in [0.3, 0.4) is 0 Å². The molecule has 2 unspecified atom stereocenters. The molecule has 0 aliphatic carbocycles. The molecule has 1 amide bonds. The number of rotatable bonds is 80. The molecule has 0 aromatic rings. The zero-order valence-electron chi connectivity index (χ0n) is 62.6. The van der Waals surface area contributed by atoms with Crippen LogP contribution in [0, 0.1) is 0 Å². The van der Waals surface area contributed by atoms with Crippen LogP contribution in [0.2, 0.25) is 0 Å². The number of carbonyl (C=O) groups is 2. The number of hydrogen-bond acceptors (Lipinski definition) is 5. The number of esters is 1. The lowest BCUT2D eigenvalue weighted by molar-refractivity contribution is -0.143. The fraction of sp³-hybridized carbons (Fsp3) is 0.907. The molecule has 2 atom stereocenters. The highest BCUT2D eigenvalue weighted by atomic mass is 16.5. The van der Waals surface area contributed by atoms with E-state index in [2.05, 4.69) is 55.6 Å². The van der Waals surface area contributed by atoms with Crippen LogP contribution in [0.15, 0.2) is 36.5 Å². The van der Waals surface area contributed by atoms with Crippen LogP contribution < -0.4 is 5.32 Å². The predicted octanol–water partition coefficient (Wildman–Crippen LogP) is 28.2. The highest BCUT2D eigenvalue weighted by Crippen LogP contribution is 2.20. The number of carbonyl (C=O) groups excluding carboxylic acids is 2. The molecule has 0 aliphatic rings. The topological polar surface area (TPSA) is 95.9 Å². The highest BCUT2D eigenvalue weighted by molar-refractivity contribution is 5.76. The van der Waals surface area contributed by atoms with Crippen molar-refractivity contribution in [2.75, 3.05) is 13.2 Å². The van der Waals surface area contributed by atoms with Gasteiger partial charge in [0, 0.05) is 12.8 Å². The highest BCUT2D eigenvalue weighted by Gasteiger charge is 2.20. The van der Waals surface area contributed by atoms with E-state index in [9.17, 15) is 19.8 Å². The van der Waals surface area contributed by atoms with Gasteiger partial charge in [-0.2, -0.15) is 0 Å². The van der Waals surface area contributed by atoms with E-state index in [0.29, 0.717) is 25.9 Å². The van der Waals surface area contributed by atoms with Crippen LogP contribution in [0.1, 0.15) is 476 Å². The second-order valence-electron chi connectivity index (χ2n) is 29.2. The summed E-state index contributed by atoms with van der Waals surface area (Å²) in [6.45, 7) is 4.98. The SMILES string of the molecule is CCCCC/C=C\C/C=C\CCCCCCCCCCCC(=O)OCCCCCCCCCCCCCC/C=C\CCCCCCCCCCCCCCCCCCCC(=O)NC(CO)C(O)CCCCCCCCCCCCCCCCCCCCCCCCC. The number of hydrogen-bond donors (Lipinski definition) is 3. The quantitative estimate of drug-likeness (QED) is 0.0320. The fourth-order valence-electron chi connectivity index (χ4n) is 13.5. The minimum atomic E-state index is -0.664. The van der Waals surface area contributed by atoms with E-state index in [-0.39, 0.29) is 18.5 Å². The van der Waals surface area contributed by atoms with Crippen LogP contribution in [-0.2, 0) is 14.3 Å². The van der Waals surface area contributed by atoms with E-state index in [1.807, 2.05) is 0 Å². The molecule has 6 nitrogen and oxygen atoms in total. The van der Waals surface area contributed by atoms with Crippen LogP contribution in [-0.4, -0.2) is 47.4 Å². The van der Waals surface area contributed by atoms with Crippen LogP contribution in [0.5, 0.6) is 0 Å². The minimum Gasteiger partial charge on any atom is -0.466 e. The lowest BCUT2D eigenvalue weighted by atomic mass is 10.0. The van der Waals surface area contributed by atoms with Gasteiger partial charge in [0.25, 0.3) is 0 Å². The Morgan fingerprint density at radius 1 is 0.304 bits per heavy atom. The van der Waals surface area contributed by atoms with Crippen molar-refractivity contribution in [3.05, 3.63) is 36.5 Å². The van der Waals surface area contributed by atoms with Gasteiger partial charge in [-0.25, -0.2) is 0 Å². The lowest BCUT2D eigenvalue weighted by Gasteiger charge is -2.22. The summed E-state index contributed by atoms with van der Waals surface area (Å²) in [5.74, 6) is -0.0103. The maximum absolute atomic E-state index is 12.6. The summed E-state index contributed by atoms with van der Waals surface area (Å²) in [6, 6.07) is -0.541. The van der Waals surface area contributed by atoms with Crippen LogP contribution in [0.25, 0.3) is 0 Å². The summed E-state index contributed by atoms with van der Waals surface area (Å²) in [5.41, 5.74) is 0. The molecule has 0 rings (SSSR count). The standard InChI is InChI=1S/C86H165NO5/c1-3-5-7-9-11-13-15-17-19-21-23-24-36-39-43-46-50-54-58-62-66-70-74-78-84(89)83(82-88)87-85(90)79-75-71-67-63-59-55-51-47-44-40-37-34-32-30-28-26-25-27-29-31-33-35-38-41-45-49-53-57-61-65-69-73-77-81-92-86(91)80-76-72-68-64-60-56-52-48-42-22-20-18-16-14-12-10-8-6-4-2/h12,14,18,20,29,31,83-84,88-89H,3-11,13,15-17,19,21-28,30,32-82H2,1-2H3,(H,87,90)/b14-12-,20-18-,31-29-. The lowest BCUT2D eigenvalue weighted by Crippen LogP contribution is -2.45. The van der Waals surface area contributed by atoms with Gasteiger partial charge in [-0.1, -0.05) is 416 Å². The fourth-order valence-corrected chi connectivity index (χ4v) is 13.5. The number of allylic oxidation sites excluding steroid dienone is 6. The van der Waals surface area contributed by atoms with E-state index in [4.69, 9.17) is 4.74 Å². The van der Waals surface area contributed by atoms with Gasteiger partial charge in [0.05, 0.1) is 25.4 Å². The predicted molar refractivity (Wildman–Crippen MR) is 407 cm³/mol. The Hall–Kier alpha value is -1.92. The number of nitrogens with one attached hydrogen (secondary N) is 1. The Kier molecular flexibility index (Phi) is 79.8. The summed E-state index contributed by atoms with van der Waals surface area (Å²) < 4.78 is 5.52. The monoisotopic (exact) mass is 1290 g/mol. The van der Waals surface area contributed by atoms with Crippen molar-refractivity contribution >= 4 is 11.9 Å². The van der Waals surface area contributed by atoms with Crippen molar-refractivity contribution in [3.8, 4) is 0 Å². The molecule has 0 aromatic carbocycles. The summed E-state index contributed by atoms with van der Waals surface area (Å²) in [4.78, 5) is 24.7. The van der Waals surface area contributed by atoms with Gasteiger partial charge in [0.15, 0.2) is 0 Å². The maximum atomic E-state index is 12.6. The Morgan fingerprint density at radius 2 is 0.543 bits per heavy atom. The summed E-state index contributed by atoms with van der Waals surface area (Å²) in [7, 11) is 0. The number of ether oxygens (including phenoxy) is 1.